The molecule has 0 saturated carbocycles. The van der Waals surface area contributed by atoms with Crippen LogP contribution in [0.25, 0.3) is 11.3 Å². The summed E-state index contributed by atoms with van der Waals surface area (Å²) in [4.78, 5) is 31.1. The van der Waals surface area contributed by atoms with Gasteiger partial charge in [-0.05, 0) is 57.3 Å². The van der Waals surface area contributed by atoms with Crippen LogP contribution in [0, 0.1) is 12.8 Å². The highest BCUT2D eigenvalue weighted by atomic mass is 16.5. The molecule has 1 aromatic carbocycles. The molecule has 3 rings (SSSR count). The summed E-state index contributed by atoms with van der Waals surface area (Å²) < 4.78 is 6.82. The summed E-state index contributed by atoms with van der Waals surface area (Å²) in [6.45, 7) is 4.76. The first-order chi connectivity index (χ1) is 14.0. The molecule has 156 valence electrons. The van der Waals surface area contributed by atoms with E-state index in [1.54, 1.807) is 7.11 Å². The van der Waals surface area contributed by atoms with Crippen molar-refractivity contribution in [1.29, 1.82) is 0 Å². The van der Waals surface area contributed by atoms with Crippen LogP contribution in [0.2, 0.25) is 0 Å². The van der Waals surface area contributed by atoms with Crippen molar-refractivity contribution in [2.75, 3.05) is 38.7 Å². The predicted octanol–water partition coefficient (Wildman–Crippen LogP) is 2.25. The molecule has 1 saturated heterocycles. The van der Waals surface area contributed by atoms with Crippen molar-refractivity contribution in [3.05, 3.63) is 40.3 Å². The zero-order valence-corrected chi connectivity index (χ0v) is 17.5. The van der Waals surface area contributed by atoms with Crippen LogP contribution in [0.5, 0.6) is 5.75 Å². The first kappa shape index (κ1) is 21.0. The minimum Gasteiger partial charge on any atom is -0.497 e. The van der Waals surface area contributed by atoms with Gasteiger partial charge in [0, 0.05) is 19.2 Å². The number of aldehydes is 1. The standard InChI is InChI=1S/C22H30N4O3/c1-16-20(18-5-4-6-19(15-18)29-3)26(13-14-27)22(28)21(24-16)25(2)12-9-17-7-10-23-11-8-17/h4-6,14-15,17,23H,7-13H2,1-3H3. The molecular weight excluding hydrogens is 368 g/mol. The van der Waals surface area contributed by atoms with Crippen LogP contribution in [0.3, 0.4) is 0 Å². The van der Waals surface area contributed by atoms with Crippen molar-refractivity contribution >= 4 is 12.1 Å². The van der Waals surface area contributed by atoms with Gasteiger partial charge in [-0.1, -0.05) is 12.1 Å². The monoisotopic (exact) mass is 398 g/mol. The van der Waals surface area contributed by atoms with E-state index in [0.717, 1.165) is 37.9 Å². The summed E-state index contributed by atoms with van der Waals surface area (Å²) in [5, 5.41) is 3.38. The molecule has 1 N–H and O–H groups in total. The predicted molar refractivity (Wildman–Crippen MR) is 115 cm³/mol. The lowest BCUT2D eigenvalue weighted by molar-refractivity contribution is -0.108. The molecule has 7 nitrogen and oxygen atoms in total. The van der Waals surface area contributed by atoms with E-state index in [1.807, 2.05) is 43.1 Å². The summed E-state index contributed by atoms with van der Waals surface area (Å²) in [7, 11) is 3.50. The largest absolute Gasteiger partial charge is 0.497 e. The Bertz CT molecular complexity index is 903. The molecule has 0 atom stereocenters. The molecule has 0 radical (unpaired) electrons. The molecule has 7 heteroatoms. The number of anilines is 1. The fourth-order valence-electron chi connectivity index (χ4n) is 3.96. The van der Waals surface area contributed by atoms with Gasteiger partial charge >= 0.3 is 0 Å². The Morgan fingerprint density at radius 1 is 1.34 bits per heavy atom. The van der Waals surface area contributed by atoms with E-state index in [9.17, 15) is 9.59 Å². The number of hydrogen-bond acceptors (Lipinski definition) is 6. The molecule has 0 bridgehead atoms. The van der Waals surface area contributed by atoms with E-state index in [4.69, 9.17) is 4.74 Å². The van der Waals surface area contributed by atoms with Gasteiger partial charge in [-0.2, -0.15) is 0 Å². The van der Waals surface area contributed by atoms with Crippen LogP contribution in [-0.4, -0.2) is 49.6 Å². The number of methoxy groups -OCH3 is 1. The topological polar surface area (TPSA) is 76.5 Å². The van der Waals surface area contributed by atoms with Crippen LogP contribution in [0.4, 0.5) is 5.82 Å². The Hall–Kier alpha value is -2.67. The molecule has 2 aromatic rings. The van der Waals surface area contributed by atoms with E-state index in [0.29, 0.717) is 28.9 Å². The smallest absolute Gasteiger partial charge is 0.294 e. The van der Waals surface area contributed by atoms with Gasteiger partial charge < -0.3 is 19.7 Å². The number of hydrogen-bond donors (Lipinski definition) is 1. The maximum Gasteiger partial charge on any atom is 0.294 e. The summed E-state index contributed by atoms with van der Waals surface area (Å²) in [5.74, 6) is 1.76. The van der Waals surface area contributed by atoms with E-state index in [2.05, 4.69) is 10.3 Å². The molecule has 1 fully saturated rings. The molecule has 1 aliphatic heterocycles. The van der Waals surface area contributed by atoms with E-state index in [-0.39, 0.29) is 12.1 Å². The molecule has 2 heterocycles. The van der Waals surface area contributed by atoms with Gasteiger partial charge in [0.15, 0.2) is 5.82 Å². The van der Waals surface area contributed by atoms with Crippen molar-refractivity contribution in [1.82, 2.24) is 14.9 Å². The first-order valence-corrected chi connectivity index (χ1v) is 10.2. The van der Waals surface area contributed by atoms with Crippen molar-refractivity contribution in [3.8, 4) is 17.0 Å². The maximum absolute atomic E-state index is 13.2. The van der Waals surface area contributed by atoms with Crippen LogP contribution in [0.15, 0.2) is 29.1 Å². The van der Waals surface area contributed by atoms with E-state index >= 15 is 0 Å². The SMILES string of the molecule is COc1cccc(-c2c(C)nc(N(C)CCC3CCNCC3)c(=O)n2CC=O)c1. The second kappa shape index (κ2) is 9.69. The molecule has 1 aromatic heterocycles. The van der Waals surface area contributed by atoms with Gasteiger partial charge in [0.05, 0.1) is 25.0 Å². The zero-order valence-electron chi connectivity index (χ0n) is 17.5. The number of aromatic nitrogens is 2. The highest BCUT2D eigenvalue weighted by molar-refractivity contribution is 5.66. The number of benzene rings is 1. The Morgan fingerprint density at radius 3 is 2.79 bits per heavy atom. The average molecular weight is 399 g/mol. The number of piperidine rings is 1. The quantitative estimate of drug-likeness (QED) is 0.688. The molecule has 0 spiro atoms. The lowest BCUT2D eigenvalue weighted by atomic mass is 9.94. The molecular formula is C22H30N4O3. The lowest BCUT2D eigenvalue weighted by Gasteiger charge is -2.26. The number of carbonyl (C=O) groups is 1. The molecule has 1 aliphatic rings. The third kappa shape index (κ3) is 4.85. The molecule has 0 amide bonds. The highest BCUT2D eigenvalue weighted by Crippen LogP contribution is 2.26. The van der Waals surface area contributed by atoms with E-state index < -0.39 is 0 Å². The average Bonchev–Trinajstić information content (AvgIpc) is 2.75. The lowest BCUT2D eigenvalue weighted by Crippen LogP contribution is -2.35. The van der Waals surface area contributed by atoms with Gasteiger partial charge in [0.1, 0.15) is 12.0 Å². The highest BCUT2D eigenvalue weighted by Gasteiger charge is 2.20. The summed E-state index contributed by atoms with van der Waals surface area (Å²) >= 11 is 0. The maximum atomic E-state index is 13.2. The van der Waals surface area contributed by atoms with Crippen molar-refractivity contribution in [2.45, 2.75) is 32.7 Å². The first-order valence-electron chi connectivity index (χ1n) is 10.2. The third-order valence-electron chi connectivity index (χ3n) is 5.62. The molecule has 0 unspecified atom stereocenters. The van der Waals surface area contributed by atoms with Crippen LogP contribution < -0.4 is 20.5 Å². The van der Waals surface area contributed by atoms with Gasteiger partial charge in [-0.15, -0.1) is 0 Å². The minimum absolute atomic E-state index is 0.0100. The third-order valence-corrected chi connectivity index (χ3v) is 5.62. The minimum atomic E-state index is -0.242. The Kier molecular flexibility index (Phi) is 7.04. The Balaban J connectivity index is 1.93. The summed E-state index contributed by atoms with van der Waals surface area (Å²) in [6.07, 6.45) is 4.13. The fourth-order valence-corrected chi connectivity index (χ4v) is 3.96. The van der Waals surface area contributed by atoms with Gasteiger partial charge in [-0.3, -0.25) is 9.36 Å². The molecule has 29 heavy (non-hydrogen) atoms. The zero-order chi connectivity index (χ0) is 20.8. The van der Waals surface area contributed by atoms with Crippen LogP contribution in [-0.2, 0) is 11.3 Å². The second-order valence-electron chi connectivity index (χ2n) is 7.59. The second-order valence-corrected chi connectivity index (χ2v) is 7.59. The van der Waals surface area contributed by atoms with Gasteiger partial charge in [0.2, 0.25) is 0 Å². The van der Waals surface area contributed by atoms with Gasteiger partial charge in [-0.25, -0.2) is 4.98 Å². The van der Waals surface area contributed by atoms with Crippen molar-refractivity contribution in [3.63, 3.8) is 0 Å². The Morgan fingerprint density at radius 2 is 2.10 bits per heavy atom. The fraction of sp³-hybridized carbons (Fsp3) is 0.500. The Labute approximate surface area is 171 Å². The van der Waals surface area contributed by atoms with Crippen LogP contribution in [0.1, 0.15) is 25.0 Å². The normalized spacial score (nSPS) is 14.6. The number of ether oxygens (including phenoxy) is 1. The number of aryl methyl sites for hydroxylation is 1. The van der Waals surface area contributed by atoms with Gasteiger partial charge in [0.25, 0.3) is 5.56 Å². The number of nitrogens with zero attached hydrogens (tertiary/aromatic N) is 3. The molecule has 0 aliphatic carbocycles. The van der Waals surface area contributed by atoms with Crippen LogP contribution >= 0.6 is 0 Å². The number of rotatable bonds is 8. The summed E-state index contributed by atoms with van der Waals surface area (Å²) in [5.41, 5.74) is 1.92. The number of nitrogens with one attached hydrogen (secondary N) is 1. The van der Waals surface area contributed by atoms with E-state index in [1.165, 1.54) is 17.4 Å². The van der Waals surface area contributed by atoms with Crippen molar-refractivity contribution < 1.29 is 9.53 Å². The van der Waals surface area contributed by atoms with Crippen molar-refractivity contribution in [2.24, 2.45) is 5.92 Å². The summed E-state index contributed by atoms with van der Waals surface area (Å²) in [6, 6.07) is 7.46. The number of carbonyl (C=O) groups excluding carboxylic acids is 1.